The fraction of sp³-hybridized carbons (Fsp3) is 0.591. The standard InChI is InChI=1S/C22H30N2O8/c1-15-11-24(12-16(2)32-15)21(26)14-31-22(27)17-4-5-18(19(10-17)28-3)30-13-20(25)23-6-8-29-9-7-23/h4-5,10,15-16H,6-9,11-14H2,1-3H3/t15-,16-/m1/s1. The summed E-state index contributed by atoms with van der Waals surface area (Å²) in [6, 6.07) is 4.50. The van der Waals surface area contributed by atoms with E-state index in [-0.39, 0.29) is 48.5 Å². The van der Waals surface area contributed by atoms with E-state index in [0.717, 1.165) is 0 Å². The van der Waals surface area contributed by atoms with Gasteiger partial charge in [0.2, 0.25) is 0 Å². The summed E-state index contributed by atoms with van der Waals surface area (Å²) in [5.41, 5.74) is 0.213. The maximum absolute atomic E-state index is 12.4. The first kappa shape index (κ1) is 23.8. The maximum atomic E-state index is 12.4. The fourth-order valence-electron chi connectivity index (χ4n) is 3.64. The van der Waals surface area contributed by atoms with Gasteiger partial charge in [-0.1, -0.05) is 0 Å². The van der Waals surface area contributed by atoms with Crippen molar-refractivity contribution < 1.29 is 38.1 Å². The van der Waals surface area contributed by atoms with Gasteiger partial charge in [0, 0.05) is 26.2 Å². The number of nitrogens with zero attached hydrogens (tertiary/aromatic N) is 2. The molecular weight excluding hydrogens is 420 g/mol. The van der Waals surface area contributed by atoms with E-state index in [2.05, 4.69) is 0 Å². The summed E-state index contributed by atoms with van der Waals surface area (Å²) >= 11 is 0. The number of methoxy groups -OCH3 is 1. The molecular formula is C22H30N2O8. The van der Waals surface area contributed by atoms with E-state index in [0.29, 0.717) is 45.1 Å². The van der Waals surface area contributed by atoms with Crippen molar-refractivity contribution in [3.63, 3.8) is 0 Å². The number of hydrogen-bond acceptors (Lipinski definition) is 8. The molecule has 10 nitrogen and oxygen atoms in total. The number of ether oxygens (including phenoxy) is 5. The van der Waals surface area contributed by atoms with Crippen molar-refractivity contribution in [2.45, 2.75) is 26.1 Å². The van der Waals surface area contributed by atoms with Crippen LogP contribution in [0.1, 0.15) is 24.2 Å². The number of amides is 2. The van der Waals surface area contributed by atoms with Crippen LogP contribution in [-0.4, -0.2) is 99.5 Å². The van der Waals surface area contributed by atoms with Crippen molar-refractivity contribution in [2.24, 2.45) is 0 Å². The second-order valence-corrected chi connectivity index (χ2v) is 7.78. The molecule has 0 aliphatic carbocycles. The lowest BCUT2D eigenvalue weighted by atomic mass is 10.2. The third-order valence-electron chi connectivity index (χ3n) is 5.21. The SMILES string of the molecule is COc1cc(C(=O)OCC(=O)N2C[C@@H](C)O[C@H](C)C2)ccc1OCC(=O)N1CCOCC1. The molecule has 2 aliphatic rings. The third-order valence-corrected chi connectivity index (χ3v) is 5.21. The van der Waals surface area contributed by atoms with E-state index >= 15 is 0 Å². The van der Waals surface area contributed by atoms with Gasteiger partial charge in [-0.15, -0.1) is 0 Å². The highest BCUT2D eigenvalue weighted by molar-refractivity contribution is 5.92. The zero-order chi connectivity index (χ0) is 23.1. The lowest BCUT2D eigenvalue weighted by molar-refractivity contribution is -0.146. The minimum atomic E-state index is -0.651. The van der Waals surface area contributed by atoms with E-state index < -0.39 is 5.97 Å². The molecule has 2 saturated heterocycles. The van der Waals surface area contributed by atoms with Crippen LogP contribution in [0.2, 0.25) is 0 Å². The quantitative estimate of drug-likeness (QED) is 0.560. The second kappa shape index (κ2) is 11.1. The normalized spacial score (nSPS) is 21.1. The highest BCUT2D eigenvalue weighted by atomic mass is 16.5. The Morgan fingerprint density at radius 1 is 0.969 bits per heavy atom. The molecule has 2 amide bonds. The second-order valence-electron chi connectivity index (χ2n) is 7.78. The lowest BCUT2D eigenvalue weighted by Gasteiger charge is -2.35. The summed E-state index contributed by atoms with van der Waals surface area (Å²) in [4.78, 5) is 40.4. The van der Waals surface area contributed by atoms with Gasteiger partial charge in [0.1, 0.15) is 0 Å². The van der Waals surface area contributed by atoms with Gasteiger partial charge in [0.25, 0.3) is 11.8 Å². The Bertz CT molecular complexity index is 814. The van der Waals surface area contributed by atoms with Crippen LogP contribution in [0.15, 0.2) is 18.2 Å². The lowest BCUT2D eigenvalue weighted by Crippen LogP contribution is -2.49. The van der Waals surface area contributed by atoms with Crippen LogP contribution in [0.25, 0.3) is 0 Å². The minimum Gasteiger partial charge on any atom is -0.493 e. The molecule has 10 heteroatoms. The third kappa shape index (κ3) is 6.33. The number of rotatable bonds is 7. The van der Waals surface area contributed by atoms with Gasteiger partial charge in [-0.25, -0.2) is 4.79 Å². The Kier molecular flexibility index (Phi) is 8.29. The highest BCUT2D eigenvalue weighted by Gasteiger charge is 2.26. The number of benzene rings is 1. The molecule has 0 radical (unpaired) electrons. The predicted octanol–water partition coefficient (Wildman–Crippen LogP) is 0.725. The number of carbonyl (C=O) groups is 3. The molecule has 2 heterocycles. The van der Waals surface area contributed by atoms with Crippen molar-refractivity contribution in [3.8, 4) is 11.5 Å². The molecule has 2 fully saturated rings. The van der Waals surface area contributed by atoms with Gasteiger partial charge in [0.05, 0.1) is 38.1 Å². The summed E-state index contributed by atoms with van der Waals surface area (Å²) in [6.07, 6.45) is -0.129. The smallest absolute Gasteiger partial charge is 0.338 e. The summed E-state index contributed by atoms with van der Waals surface area (Å²) in [5.74, 6) is -0.450. The molecule has 1 aromatic rings. The maximum Gasteiger partial charge on any atom is 0.338 e. The van der Waals surface area contributed by atoms with Gasteiger partial charge < -0.3 is 33.5 Å². The van der Waals surface area contributed by atoms with Crippen molar-refractivity contribution in [2.75, 3.05) is 59.7 Å². The molecule has 1 aromatic carbocycles. The van der Waals surface area contributed by atoms with Crippen LogP contribution in [-0.2, 0) is 23.8 Å². The molecule has 0 unspecified atom stereocenters. The van der Waals surface area contributed by atoms with Crippen molar-refractivity contribution in [1.82, 2.24) is 9.80 Å². The van der Waals surface area contributed by atoms with Crippen LogP contribution in [0, 0.1) is 0 Å². The van der Waals surface area contributed by atoms with Gasteiger partial charge in [-0.2, -0.15) is 0 Å². The van der Waals surface area contributed by atoms with Gasteiger partial charge >= 0.3 is 5.97 Å². The molecule has 0 N–H and O–H groups in total. The summed E-state index contributed by atoms with van der Waals surface area (Å²) < 4.78 is 26.9. The average molecular weight is 450 g/mol. The van der Waals surface area contributed by atoms with E-state index in [1.54, 1.807) is 9.80 Å². The van der Waals surface area contributed by atoms with E-state index in [1.165, 1.54) is 25.3 Å². The molecule has 0 saturated carbocycles. The van der Waals surface area contributed by atoms with Crippen LogP contribution >= 0.6 is 0 Å². The molecule has 2 atom stereocenters. The number of hydrogen-bond donors (Lipinski definition) is 0. The summed E-state index contributed by atoms with van der Waals surface area (Å²) in [7, 11) is 1.44. The first-order valence-electron chi connectivity index (χ1n) is 10.6. The van der Waals surface area contributed by atoms with Crippen LogP contribution in [0.3, 0.4) is 0 Å². The van der Waals surface area contributed by atoms with Gasteiger partial charge in [-0.05, 0) is 32.0 Å². The predicted molar refractivity (Wildman–Crippen MR) is 113 cm³/mol. The Morgan fingerprint density at radius 2 is 1.62 bits per heavy atom. The van der Waals surface area contributed by atoms with Crippen molar-refractivity contribution >= 4 is 17.8 Å². The van der Waals surface area contributed by atoms with Gasteiger partial charge in [0.15, 0.2) is 24.7 Å². The monoisotopic (exact) mass is 450 g/mol. The summed E-state index contributed by atoms with van der Waals surface area (Å²) in [5, 5.41) is 0. The number of esters is 1. The van der Waals surface area contributed by atoms with Crippen LogP contribution in [0.5, 0.6) is 11.5 Å². The number of morpholine rings is 2. The molecule has 0 bridgehead atoms. The topological polar surface area (TPSA) is 104 Å². The largest absolute Gasteiger partial charge is 0.493 e. The zero-order valence-electron chi connectivity index (χ0n) is 18.7. The highest BCUT2D eigenvalue weighted by Crippen LogP contribution is 2.28. The molecule has 0 spiro atoms. The van der Waals surface area contributed by atoms with E-state index in [1.807, 2.05) is 13.8 Å². The average Bonchev–Trinajstić information content (AvgIpc) is 2.80. The zero-order valence-corrected chi connectivity index (χ0v) is 18.7. The van der Waals surface area contributed by atoms with Crippen LogP contribution in [0.4, 0.5) is 0 Å². The number of carbonyl (C=O) groups excluding carboxylic acids is 3. The Morgan fingerprint density at radius 3 is 2.28 bits per heavy atom. The minimum absolute atomic E-state index is 0.0645. The molecule has 176 valence electrons. The Hall–Kier alpha value is -2.85. The molecule has 0 aromatic heterocycles. The van der Waals surface area contributed by atoms with Crippen molar-refractivity contribution in [1.29, 1.82) is 0 Å². The first-order chi connectivity index (χ1) is 15.4. The van der Waals surface area contributed by atoms with Crippen LogP contribution < -0.4 is 9.47 Å². The Balaban J connectivity index is 1.53. The van der Waals surface area contributed by atoms with Gasteiger partial charge in [-0.3, -0.25) is 9.59 Å². The van der Waals surface area contributed by atoms with E-state index in [4.69, 9.17) is 23.7 Å². The summed E-state index contributed by atoms with van der Waals surface area (Å²) in [6.45, 7) is 6.30. The fourth-order valence-corrected chi connectivity index (χ4v) is 3.64. The van der Waals surface area contributed by atoms with E-state index in [9.17, 15) is 14.4 Å². The molecule has 2 aliphatic heterocycles. The first-order valence-corrected chi connectivity index (χ1v) is 10.6. The molecule has 32 heavy (non-hydrogen) atoms. The van der Waals surface area contributed by atoms with Crippen molar-refractivity contribution in [3.05, 3.63) is 23.8 Å². The molecule has 3 rings (SSSR count). The Labute approximate surface area is 187 Å².